The van der Waals surface area contributed by atoms with Crippen LogP contribution in [0.5, 0.6) is 5.75 Å². The lowest BCUT2D eigenvalue weighted by Crippen LogP contribution is -2.47. The molecule has 3 aromatic rings. The Labute approximate surface area is 218 Å². The third-order valence-electron chi connectivity index (χ3n) is 4.99. The van der Waals surface area contributed by atoms with E-state index >= 15 is 0 Å². The summed E-state index contributed by atoms with van der Waals surface area (Å²) in [5.41, 5.74) is 4.40. The zero-order valence-electron chi connectivity index (χ0n) is 19.9. The maximum atomic E-state index is 12.9. The van der Waals surface area contributed by atoms with Crippen LogP contribution in [-0.4, -0.2) is 41.4 Å². The smallest absolute Gasteiger partial charge is 0.269 e. The summed E-state index contributed by atoms with van der Waals surface area (Å²) in [6.45, 7) is 4.01. The van der Waals surface area contributed by atoms with Gasteiger partial charge in [0.1, 0.15) is 18.4 Å². The van der Waals surface area contributed by atoms with Gasteiger partial charge in [-0.3, -0.25) is 19.7 Å². The van der Waals surface area contributed by atoms with E-state index in [4.69, 9.17) is 4.74 Å². The number of benzene rings is 3. The van der Waals surface area contributed by atoms with E-state index in [1.807, 2.05) is 30.3 Å². The molecule has 0 aliphatic heterocycles. The second-order valence-electron chi connectivity index (χ2n) is 7.73. The summed E-state index contributed by atoms with van der Waals surface area (Å²) in [7, 11) is 0. The molecule has 0 spiro atoms. The van der Waals surface area contributed by atoms with Gasteiger partial charge >= 0.3 is 0 Å². The Hall–Kier alpha value is -4.44. The molecule has 2 N–H and O–H groups in total. The van der Waals surface area contributed by atoms with Crippen LogP contribution in [0.15, 0.2) is 96.6 Å². The minimum absolute atomic E-state index is 0.126. The molecule has 10 heteroatoms. The summed E-state index contributed by atoms with van der Waals surface area (Å²) in [6, 6.07) is 21.2. The molecular weight excluding hydrogens is 492 g/mol. The molecule has 2 amide bonds. The minimum atomic E-state index is -0.886. The van der Waals surface area contributed by atoms with Gasteiger partial charge in [0.15, 0.2) is 0 Å². The second-order valence-corrected chi connectivity index (χ2v) is 8.76. The van der Waals surface area contributed by atoms with Gasteiger partial charge in [-0.15, -0.1) is 0 Å². The number of hydrogen-bond acceptors (Lipinski definition) is 7. The molecule has 9 nitrogen and oxygen atoms in total. The van der Waals surface area contributed by atoms with Crippen molar-refractivity contribution >= 4 is 35.5 Å². The van der Waals surface area contributed by atoms with E-state index in [0.717, 1.165) is 11.1 Å². The van der Waals surface area contributed by atoms with Gasteiger partial charge < -0.3 is 10.1 Å². The van der Waals surface area contributed by atoms with Gasteiger partial charge in [0.05, 0.1) is 11.1 Å². The second kappa shape index (κ2) is 14.2. The summed E-state index contributed by atoms with van der Waals surface area (Å²) in [5.74, 6) is 0.629. The highest BCUT2D eigenvalue weighted by Crippen LogP contribution is 2.15. The first kappa shape index (κ1) is 27.2. The predicted octanol–water partition coefficient (Wildman–Crippen LogP) is 4.34. The molecule has 0 radical (unpaired) electrons. The van der Waals surface area contributed by atoms with Gasteiger partial charge in [-0.05, 0) is 47.5 Å². The van der Waals surface area contributed by atoms with Crippen LogP contribution in [0.1, 0.15) is 21.5 Å². The van der Waals surface area contributed by atoms with Crippen LogP contribution in [0.25, 0.3) is 0 Å². The summed E-state index contributed by atoms with van der Waals surface area (Å²) in [6.07, 6.45) is 3.14. The number of ether oxygens (including phenoxy) is 1. The molecule has 3 aromatic carbocycles. The number of carbonyl (C=O) groups is 2. The Morgan fingerprint density at radius 3 is 2.41 bits per heavy atom. The van der Waals surface area contributed by atoms with E-state index in [9.17, 15) is 19.7 Å². The standard InChI is InChI=1S/C27H26N4O5S/c1-2-16-36-24-14-8-20(9-15-24)17-28-30-27(33)25(19-37-18-21-6-4-3-5-7-21)29-26(32)22-10-12-23(13-11-22)31(34)35/h2-15,17,25H,1,16,18-19H2,(H,29,32)(H,30,33)/b28-17-/t25-/m1/s1. The largest absolute Gasteiger partial charge is 0.490 e. The van der Waals surface area contributed by atoms with Crippen molar-refractivity contribution in [1.29, 1.82) is 0 Å². The van der Waals surface area contributed by atoms with Gasteiger partial charge in [-0.2, -0.15) is 16.9 Å². The minimum Gasteiger partial charge on any atom is -0.490 e. The number of nitro groups is 1. The molecule has 0 fully saturated rings. The lowest BCUT2D eigenvalue weighted by Gasteiger charge is -2.17. The Balaban J connectivity index is 1.63. The fraction of sp³-hybridized carbons (Fsp3) is 0.148. The summed E-state index contributed by atoms with van der Waals surface area (Å²) < 4.78 is 5.44. The monoisotopic (exact) mass is 518 g/mol. The van der Waals surface area contributed by atoms with Crippen molar-refractivity contribution in [2.24, 2.45) is 5.10 Å². The van der Waals surface area contributed by atoms with Crippen LogP contribution >= 0.6 is 11.8 Å². The molecule has 0 aliphatic carbocycles. The van der Waals surface area contributed by atoms with Crippen molar-refractivity contribution in [2.75, 3.05) is 12.4 Å². The van der Waals surface area contributed by atoms with Crippen LogP contribution in [-0.2, 0) is 10.5 Å². The number of nitrogens with one attached hydrogen (secondary N) is 2. The lowest BCUT2D eigenvalue weighted by molar-refractivity contribution is -0.384. The van der Waals surface area contributed by atoms with Crippen LogP contribution in [0.3, 0.4) is 0 Å². The molecule has 37 heavy (non-hydrogen) atoms. The van der Waals surface area contributed by atoms with Crippen molar-refractivity contribution in [3.63, 3.8) is 0 Å². The third-order valence-corrected chi connectivity index (χ3v) is 6.10. The number of hydrogen-bond donors (Lipinski definition) is 2. The summed E-state index contributed by atoms with van der Waals surface area (Å²) in [4.78, 5) is 36.0. The highest BCUT2D eigenvalue weighted by atomic mass is 32.2. The normalized spacial score (nSPS) is 11.5. The zero-order chi connectivity index (χ0) is 26.5. The Morgan fingerprint density at radius 2 is 1.76 bits per heavy atom. The summed E-state index contributed by atoms with van der Waals surface area (Å²) >= 11 is 1.49. The zero-order valence-corrected chi connectivity index (χ0v) is 20.7. The molecule has 0 aliphatic rings. The first-order valence-corrected chi connectivity index (χ1v) is 12.5. The number of rotatable bonds is 13. The number of non-ortho nitro benzene ring substituents is 1. The first-order valence-electron chi connectivity index (χ1n) is 11.3. The molecule has 1 atom stereocenters. The number of thioether (sulfide) groups is 1. The van der Waals surface area contributed by atoms with Crippen LogP contribution < -0.4 is 15.5 Å². The molecule has 0 aromatic heterocycles. The number of nitrogens with zero attached hydrogens (tertiary/aromatic N) is 2. The Morgan fingerprint density at radius 1 is 1.05 bits per heavy atom. The maximum absolute atomic E-state index is 12.9. The van der Waals surface area contributed by atoms with Crippen LogP contribution in [0, 0.1) is 10.1 Å². The van der Waals surface area contributed by atoms with E-state index in [1.54, 1.807) is 30.3 Å². The van der Waals surface area contributed by atoms with Gasteiger partial charge in [0.2, 0.25) is 0 Å². The van der Waals surface area contributed by atoms with E-state index in [1.165, 1.54) is 42.2 Å². The van der Waals surface area contributed by atoms with Gasteiger partial charge in [0.25, 0.3) is 17.5 Å². The van der Waals surface area contributed by atoms with Gasteiger partial charge in [0, 0.05) is 29.2 Å². The Kier molecular flexibility index (Phi) is 10.4. The van der Waals surface area contributed by atoms with E-state index < -0.39 is 22.8 Å². The van der Waals surface area contributed by atoms with E-state index in [0.29, 0.717) is 23.9 Å². The van der Waals surface area contributed by atoms with Crippen molar-refractivity contribution in [3.05, 3.63) is 118 Å². The van der Waals surface area contributed by atoms with Crippen molar-refractivity contribution < 1.29 is 19.2 Å². The van der Waals surface area contributed by atoms with Gasteiger partial charge in [-0.25, -0.2) is 5.43 Å². The molecule has 0 heterocycles. The first-order chi connectivity index (χ1) is 18.0. The lowest BCUT2D eigenvalue weighted by atomic mass is 10.2. The van der Waals surface area contributed by atoms with Crippen molar-refractivity contribution in [1.82, 2.24) is 10.7 Å². The highest BCUT2D eigenvalue weighted by Gasteiger charge is 2.22. The molecule has 0 unspecified atom stereocenters. The quantitative estimate of drug-likeness (QED) is 0.150. The van der Waals surface area contributed by atoms with E-state index in [-0.39, 0.29) is 11.3 Å². The maximum Gasteiger partial charge on any atom is 0.269 e. The molecular formula is C27H26N4O5S. The van der Waals surface area contributed by atoms with Gasteiger partial charge in [-0.1, -0.05) is 43.0 Å². The Bertz CT molecular complexity index is 1230. The van der Waals surface area contributed by atoms with E-state index in [2.05, 4.69) is 22.4 Å². The number of hydrazone groups is 1. The fourth-order valence-electron chi connectivity index (χ4n) is 3.08. The third kappa shape index (κ3) is 8.93. The molecule has 0 saturated heterocycles. The van der Waals surface area contributed by atoms with Crippen LogP contribution in [0.4, 0.5) is 5.69 Å². The van der Waals surface area contributed by atoms with Crippen molar-refractivity contribution in [2.45, 2.75) is 11.8 Å². The molecule has 3 rings (SSSR count). The number of amides is 2. The van der Waals surface area contributed by atoms with Crippen molar-refractivity contribution in [3.8, 4) is 5.75 Å². The topological polar surface area (TPSA) is 123 Å². The fourth-order valence-corrected chi connectivity index (χ4v) is 4.10. The average molecular weight is 519 g/mol. The SMILES string of the molecule is C=CCOc1ccc(/C=N\NC(=O)[C@@H](CSCc2ccccc2)NC(=O)c2ccc([N+](=O)[O-])cc2)cc1. The highest BCUT2D eigenvalue weighted by molar-refractivity contribution is 7.98. The summed E-state index contributed by atoms with van der Waals surface area (Å²) in [5, 5.41) is 17.6. The number of carbonyl (C=O) groups excluding carboxylic acids is 2. The molecule has 190 valence electrons. The molecule has 0 saturated carbocycles. The predicted molar refractivity (Wildman–Crippen MR) is 145 cm³/mol. The number of nitro benzene ring substituents is 1. The van der Waals surface area contributed by atoms with Crippen LogP contribution in [0.2, 0.25) is 0 Å². The average Bonchev–Trinajstić information content (AvgIpc) is 2.92. The molecule has 0 bridgehead atoms.